The normalized spacial score (nSPS) is 14.5. The zero-order valence-corrected chi connectivity index (χ0v) is 27.7. The van der Waals surface area contributed by atoms with Crippen molar-refractivity contribution in [1.82, 2.24) is 4.90 Å². The zero-order chi connectivity index (χ0) is 33.1. The quantitative estimate of drug-likeness (QED) is 0.211. The molecule has 0 bridgehead atoms. The van der Waals surface area contributed by atoms with Crippen LogP contribution in [0.3, 0.4) is 0 Å². The maximum absolute atomic E-state index is 13.2. The van der Waals surface area contributed by atoms with Gasteiger partial charge in [-0.05, 0) is 72.4 Å². The third-order valence-corrected chi connectivity index (χ3v) is 8.15. The van der Waals surface area contributed by atoms with Crippen LogP contribution in [-0.2, 0) is 24.2 Å². The van der Waals surface area contributed by atoms with Crippen LogP contribution in [-0.4, -0.2) is 48.1 Å². The van der Waals surface area contributed by atoms with Gasteiger partial charge in [-0.2, -0.15) is 0 Å². The highest BCUT2D eigenvalue weighted by Gasteiger charge is 2.32. The number of carboxylic acid groups (broad SMARTS) is 1. The molecule has 0 radical (unpaired) electrons. The number of fused-ring (bicyclic) bond motifs is 1. The molecule has 0 aromatic heterocycles. The van der Waals surface area contributed by atoms with E-state index in [0.29, 0.717) is 40.8 Å². The minimum atomic E-state index is -0.830. The molecule has 9 heteroatoms. The van der Waals surface area contributed by atoms with Crippen LogP contribution in [0.5, 0.6) is 17.2 Å². The number of nitrogens with zero attached hydrogens (tertiary/aromatic N) is 1. The van der Waals surface area contributed by atoms with Gasteiger partial charge in [0.25, 0.3) is 0 Å². The molecule has 0 aliphatic carbocycles. The summed E-state index contributed by atoms with van der Waals surface area (Å²) in [5, 5.41) is 9.63. The van der Waals surface area contributed by atoms with Crippen molar-refractivity contribution in [2.45, 2.75) is 72.4 Å². The van der Waals surface area contributed by atoms with E-state index < -0.39 is 11.9 Å². The van der Waals surface area contributed by atoms with E-state index in [2.05, 4.69) is 6.92 Å². The first-order valence-electron chi connectivity index (χ1n) is 15.3. The summed E-state index contributed by atoms with van der Waals surface area (Å²) in [6.07, 6.45) is 3.74. The van der Waals surface area contributed by atoms with Gasteiger partial charge in [0.15, 0.2) is 17.3 Å². The second-order valence-electron chi connectivity index (χ2n) is 11.6. The Bertz CT molecular complexity index is 1450. The number of hydrogen-bond acceptors (Lipinski definition) is 6. The molecule has 3 aromatic rings. The van der Waals surface area contributed by atoms with Crippen LogP contribution in [0.15, 0.2) is 60.7 Å². The highest BCUT2D eigenvalue weighted by atomic mass is 35.5. The number of methoxy groups -OCH3 is 2. The van der Waals surface area contributed by atoms with Crippen LogP contribution in [0.1, 0.15) is 74.0 Å². The summed E-state index contributed by atoms with van der Waals surface area (Å²) < 4.78 is 16.6. The van der Waals surface area contributed by atoms with Crippen LogP contribution in [0.4, 0.5) is 4.79 Å². The van der Waals surface area contributed by atoms with E-state index in [9.17, 15) is 14.4 Å². The van der Waals surface area contributed by atoms with Crippen LogP contribution in [0.25, 0.3) is 0 Å². The summed E-state index contributed by atoms with van der Waals surface area (Å²) in [4.78, 5) is 37.5. The molecule has 1 aliphatic rings. The SMILES string of the molecule is CC(C)C(=O)c1ccccc1Cl.CCCCC1Cc2cc(OC)c(OC)cc2CN1C(=O)Oc1ccc(CC(C)C(=O)O)cc1. The second-order valence-corrected chi connectivity index (χ2v) is 12.0. The van der Waals surface area contributed by atoms with Crippen molar-refractivity contribution in [3.05, 3.63) is 87.9 Å². The van der Waals surface area contributed by atoms with Crippen molar-refractivity contribution in [2.24, 2.45) is 11.8 Å². The van der Waals surface area contributed by atoms with E-state index in [1.807, 2.05) is 38.1 Å². The van der Waals surface area contributed by atoms with Gasteiger partial charge in [-0.3, -0.25) is 9.59 Å². The monoisotopic (exact) mass is 637 g/mol. The number of carbonyl (C=O) groups excluding carboxylic acids is 2. The molecule has 3 aromatic carbocycles. The van der Waals surface area contributed by atoms with Gasteiger partial charge in [0.05, 0.1) is 25.2 Å². The van der Waals surface area contributed by atoms with E-state index >= 15 is 0 Å². The smallest absolute Gasteiger partial charge is 0.415 e. The van der Waals surface area contributed by atoms with Crippen molar-refractivity contribution in [2.75, 3.05) is 14.2 Å². The molecule has 2 atom stereocenters. The first kappa shape index (κ1) is 35.4. The van der Waals surface area contributed by atoms with Crippen molar-refractivity contribution in [3.63, 3.8) is 0 Å². The molecule has 0 saturated heterocycles. The third-order valence-electron chi connectivity index (χ3n) is 7.82. The van der Waals surface area contributed by atoms with Gasteiger partial charge >= 0.3 is 12.1 Å². The van der Waals surface area contributed by atoms with Crippen molar-refractivity contribution in [3.8, 4) is 17.2 Å². The number of Topliss-reactive ketones (excluding diaryl/α,β-unsaturated/α-hetero) is 1. The Hall–Kier alpha value is -4.04. The van der Waals surface area contributed by atoms with Crippen LogP contribution in [0, 0.1) is 11.8 Å². The lowest BCUT2D eigenvalue weighted by atomic mass is 9.91. The summed E-state index contributed by atoms with van der Waals surface area (Å²) in [6.45, 7) is 7.99. The molecule has 0 fully saturated rings. The summed E-state index contributed by atoms with van der Waals surface area (Å²) in [5.74, 6) is 0.580. The number of carbonyl (C=O) groups is 3. The van der Waals surface area contributed by atoms with Gasteiger partial charge in [0.2, 0.25) is 0 Å². The number of ketones is 1. The zero-order valence-electron chi connectivity index (χ0n) is 27.0. The highest BCUT2D eigenvalue weighted by molar-refractivity contribution is 6.34. The van der Waals surface area contributed by atoms with Crippen LogP contribution in [0.2, 0.25) is 5.02 Å². The van der Waals surface area contributed by atoms with Gasteiger partial charge < -0.3 is 24.2 Å². The number of aliphatic carboxylic acids is 1. The molecule has 0 saturated carbocycles. The molecule has 0 spiro atoms. The average molecular weight is 638 g/mol. The fourth-order valence-electron chi connectivity index (χ4n) is 5.15. The topological polar surface area (TPSA) is 102 Å². The Kier molecular flexibility index (Phi) is 13.3. The summed E-state index contributed by atoms with van der Waals surface area (Å²) in [7, 11) is 3.23. The Balaban J connectivity index is 0.000000385. The third kappa shape index (κ3) is 9.72. The molecule has 2 unspecified atom stereocenters. The van der Waals surface area contributed by atoms with Gasteiger partial charge in [0.1, 0.15) is 5.75 Å². The van der Waals surface area contributed by atoms with Crippen LogP contribution >= 0.6 is 11.6 Å². The lowest BCUT2D eigenvalue weighted by Crippen LogP contribution is -2.45. The largest absolute Gasteiger partial charge is 0.493 e. The fraction of sp³-hybridized carbons (Fsp3) is 0.417. The Morgan fingerprint density at radius 2 is 1.58 bits per heavy atom. The van der Waals surface area contributed by atoms with Gasteiger partial charge in [-0.15, -0.1) is 0 Å². The van der Waals surface area contributed by atoms with Crippen LogP contribution < -0.4 is 14.2 Å². The first-order chi connectivity index (χ1) is 21.5. The minimum absolute atomic E-state index is 0.00454. The number of ether oxygens (including phenoxy) is 3. The molecule has 1 heterocycles. The Labute approximate surface area is 271 Å². The Morgan fingerprint density at radius 1 is 0.956 bits per heavy atom. The molecule has 1 N–H and O–H groups in total. The number of hydrogen-bond donors (Lipinski definition) is 1. The predicted molar refractivity (Wildman–Crippen MR) is 176 cm³/mol. The molecule has 1 aliphatic heterocycles. The molecular formula is C36H44ClNO7. The second kappa shape index (κ2) is 16.9. The number of benzene rings is 3. The molecule has 4 rings (SSSR count). The maximum atomic E-state index is 13.2. The molecule has 45 heavy (non-hydrogen) atoms. The summed E-state index contributed by atoms with van der Waals surface area (Å²) >= 11 is 5.84. The highest BCUT2D eigenvalue weighted by Crippen LogP contribution is 2.36. The van der Waals surface area contributed by atoms with E-state index in [4.69, 9.17) is 30.9 Å². The minimum Gasteiger partial charge on any atom is -0.493 e. The van der Waals surface area contributed by atoms with E-state index in [1.165, 1.54) is 0 Å². The van der Waals surface area contributed by atoms with Gasteiger partial charge in [0, 0.05) is 24.1 Å². The van der Waals surface area contributed by atoms with Gasteiger partial charge in [-0.25, -0.2) is 4.79 Å². The standard InChI is InChI=1S/C26H33NO6.C10H11ClO/c1-5-6-7-21-13-19-14-23(31-3)24(32-4)15-20(19)16-27(21)26(30)33-22-10-8-18(9-11-22)12-17(2)25(28)29;1-7(2)10(12)8-5-3-4-6-9(8)11/h8-11,14-15,17,21H,5-7,12-13,16H2,1-4H3,(H,28,29);3-7H,1-2H3. The molecule has 1 amide bonds. The lowest BCUT2D eigenvalue weighted by Gasteiger charge is -2.36. The number of carboxylic acids is 1. The maximum Gasteiger partial charge on any atom is 0.415 e. The number of amides is 1. The summed E-state index contributed by atoms with van der Waals surface area (Å²) in [5.41, 5.74) is 3.69. The van der Waals surface area contributed by atoms with Crippen molar-refractivity contribution < 1.29 is 33.7 Å². The lowest BCUT2D eigenvalue weighted by molar-refractivity contribution is -0.141. The predicted octanol–water partition coefficient (Wildman–Crippen LogP) is 8.26. The fourth-order valence-corrected chi connectivity index (χ4v) is 5.38. The number of rotatable bonds is 11. The number of unbranched alkanes of at least 4 members (excludes halogenated alkanes) is 1. The Morgan fingerprint density at radius 3 is 2.13 bits per heavy atom. The molecule has 8 nitrogen and oxygen atoms in total. The van der Waals surface area contributed by atoms with E-state index in [0.717, 1.165) is 42.4 Å². The molecular weight excluding hydrogens is 594 g/mol. The van der Waals surface area contributed by atoms with Crippen molar-refractivity contribution >= 4 is 29.4 Å². The van der Waals surface area contributed by atoms with Crippen molar-refractivity contribution in [1.29, 1.82) is 0 Å². The van der Waals surface area contributed by atoms with Gasteiger partial charge in [-0.1, -0.05) is 76.4 Å². The summed E-state index contributed by atoms with van der Waals surface area (Å²) in [6, 6.07) is 18.2. The first-order valence-corrected chi connectivity index (χ1v) is 15.7. The van der Waals surface area contributed by atoms with E-state index in [-0.39, 0.29) is 23.8 Å². The average Bonchev–Trinajstić information content (AvgIpc) is 3.03. The number of halogens is 1. The van der Waals surface area contributed by atoms with E-state index in [1.54, 1.807) is 62.4 Å². The molecule has 242 valence electrons.